The zero-order valence-corrected chi connectivity index (χ0v) is 20.1. The van der Waals surface area contributed by atoms with E-state index in [9.17, 15) is 4.79 Å². The van der Waals surface area contributed by atoms with Crippen molar-refractivity contribution in [3.63, 3.8) is 0 Å². The fraction of sp³-hybridized carbons (Fsp3) is 0.345. The third-order valence-electron chi connectivity index (χ3n) is 6.86. The van der Waals surface area contributed by atoms with Gasteiger partial charge in [-0.2, -0.15) is 0 Å². The smallest absolute Gasteiger partial charge is 0.410 e. The van der Waals surface area contributed by atoms with Crippen molar-refractivity contribution in [1.29, 1.82) is 0 Å². The first-order valence-electron chi connectivity index (χ1n) is 12.3. The maximum atomic E-state index is 12.6. The minimum atomic E-state index is -0.186. The lowest BCUT2D eigenvalue weighted by Crippen LogP contribution is -2.45. The molecule has 6 nitrogen and oxygen atoms in total. The monoisotopic (exact) mass is 472 g/mol. The molecular weight excluding hydrogens is 440 g/mol. The van der Waals surface area contributed by atoms with Gasteiger partial charge in [-0.05, 0) is 42.2 Å². The van der Waals surface area contributed by atoms with Gasteiger partial charge in [-0.15, -0.1) is 0 Å². The molecule has 1 amide bonds. The van der Waals surface area contributed by atoms with Crippen LogP contribution in [0.1, 0.15) is 36.5 Å². The highest BCUT2D eigenvalue weighted by Gasteiger charge is 2.38. The molecule has 1 aliphatic carbocycles. The van der Waals surface area contributed by atoms with Crippen LogP contribution in [0.5, 0.6) is 5.75 Å². The SMILES string of the molecule is COC1=C(Oc2cccc(CN3CCC(N4CC(c5ccccc5)OC4=O)CC3)c2)C=CC=CC1. The van der Waals surface area contributed by atoms with Crippen molar-refractivity contribution >= 4 is 6.09 Å². The van der Waals surface area contributed by atoms with Crippen molar-refractivity contribution in [2.75, 3.05) is 26.7 Å². The Balaban J connectivity index is 1.16. The number of ether oxygens (including phenoxy) is 3. The van der Waals surface area contributed by atoms with Crippen molar-refractivity contribution in [1.82, 2.24) is 9.80 Å². The molecule has 2 aromatic carbocycles. The number of hydrogen-bond donors (Lipinski definition) is 0. The van der Waals surface area contributed by atoms with Crippen LogP contribution >= 0.6 is 0 Å². The number of cyclic esters (lactones) is 1. The average molecular weight is 473 g/mol. The van der Waals surface area contributed by atoms with E-state index in [1.54, 1.807) is 7.11 Å². The van der Waals surface area contributed by atoms with Crippen LogP contribution in [-0.4, -0.2) is 48.7 Å². The third kappa shape index (κ3) is 5.60. The number of nitrogens with zero attached hydrogens (tertiary/aromatic N) is 2. The molecule has 1 atom stereocenters. The summed E-state index contributed by atoms with van der Waals surface area (Å²) >= 11 is 0. The molecule has 0 aromatic heterocycles. The second-order valence-corrected chi connectivity index (χ2v) is 9.18. The van der Waals surface area contributed by atoms with Gasteiger partial charge in [0.2, 0.25) is 0 Å². The fourth-order valence-corrected chi connectivity index (χ4v) is 4.97. The Labute approximate surface area is 207 Å². The molecule has 35 heavy (non-hydrogen) atoms. The number of carbonyl (C=O) groups excluding carboxylic acids is 1. The van der Waals surface area contributed by atoms with Crippen LogP contribution in [0, 0.1) is 0 Å². The standard InChI is InChI=1S/C29H32N2O4/c1-33-26-13-6-3-7-14-27(26)34-25-12-8-9-22(19-25)20-30-17-15-24(16-18-30)31-21-28(35-29(31)32)23-10-4-2-5-11-23/h2-12,14,19,24,28H,13,15-18,20-21H2,1H3. The summed E-state index contributed by atoms with van der Waals surface area (Å²) in [6, 6.07) is 18.5. The number of rotatable bonds is 7. The number of likely N-dealkylation sites (tertiary alicyclic amines) is 1. The predicted octanol–water partition coefficient (Wildman–Crippen LogP) is 5.60. The summed E-state index contributed by atoms with van der Waals surface area (Å²) in [5.41, 5.74) is 2.27. The molecule has 0 radical (unpaired) electrons. The minimum absolute atomic E-state index is 0.169. The Kier molecular flexibility index (Phi) is 7.19. The van der Waals surface area contributed by atoms with Crippen LogP contribution < -0.4 is 4.74 Å². The van der Waals surface area contributed by atoms with E-state index in [4.69, 9.17) is 14.2 Å². The van der Waals surface area contributed by atoms with Gasteiger partial charge in [-0.1, -0.05) is 60.7 Å². The molecule has 182 valence electrons. The largest absolute Gasteiger partial charge is 0.497 e. The molecule has 6 heteroatoms. The van der Waals surface area contributed by atoms with Crippen LogP contribution in [0.3, 0.4) is 0 Å². The van der Waals surface area contributed by atoms with Crippen molar-refractivity contribution < 1.29 is 19.0 Å². The van der Waals surface area contributed by atoms with E-state index in [1.165, 1.54) is 5.56 Å². The van der Waals surface area contributed by atoms with Gasteiger partial charge >= 0.3 is 6.09 Å². The molecule has 2 saturated heterocycles. The summed E-state index contributed by atoms with van der Waals surface area (Å²) in [5, 5.41) is 0. The van der Waals surface area contributed by atoms with E-state index in [0.29, 0.717) is 13.0 Å². The van der Waals surface area contributed by atoms with Gasteiger partial charge < -0.3 is 19.1 Å². The van der Waals surface area contributed by atoms with Crippen LogP contribution in [0.2, 0.25) is 0 Å². The second-order valence-electron chi connectivity index (χ2n) is 9.18. The molecule has 0 N–H and O–H groups in total. The highest BCUT2D eigenvalue weighted by atomic mass is 16.6. The van der Waals surface area contributed by atoms with Crippen LogP contribution in [0.15, 0.2) is 90.4 Å². The molecule has 5 rings (SSSR count). The molecule has 0 bridgehead atoms. The van der Waals surface area contributed by atoms with Gasteiger partial charge in [-0.3, -0.25) is 4.90 Å². The van der Waals surface area contributed by atoms with Crippen molar-refractivity contribution in [3.05, 3.63) is 102 Å². The Morgan fingerprint density at radius 3 is 2.66 bits per heavy atom. The van der Waals surface area contributed by atoms with Crippen molar-refractivity contribution in [2.24, 2.45) is 0 Å². The van der Waals surface area contributed by atoms with Gasteiger partial charge in [-0.25, -0.2) is 4.79 Å². The minimum Gasteiger partial charge on any atom is -0.497 e. The lowest BCUT2D eigenvalue weighted by atomic mass is 10.0. The molecule has 2 aromatic rings. The number of benzene rings is 2. The molecule has 2 aliphatic heterocycles. The highest BCUT2D eigenvalue weighted by Crippen LogP contribution is 2.31. The highest BCUT2D eigenvalue weighted by molar-refractivity contribution is 5.70. The van der Waals surface area contributed by atoms with E-state index >= 15 is 0 Å². The van der Waals surface area contributed by atoms with Gasteiger partial charge in [0.25, 0.3) is 0 Å². The maximum absolute atomic E-state index is 12.6. The number of allylic oxidation sites excluding steroid dienone is 4. The molecule has 2 fully saturated rings. The first-order valence-corrected chi connectivity index (χ1v) is 12.3. The summed E-state index contributed by atoms with van der Waals surface area (Å²) in [7, 11) is 1.68. The van der Waals surface area contributed by atoms with Gasteiger partial charge in [0.05, 0.1) is 13.7 Å². The zero-order valence-electron chi connectivity index (χ0n) is 20.1. The van der Waals surface area contributed by atoms with Gasteiger partial charge in [0.1, 0.15) is 17.6 Å². The molecule has 0 spiro atoms. The van der Waals surface area contributed by atoms with Crippen LogP contribution in [0.25, 0.3) is 0 Å². The molecular formula is C29H32N2O4. The second kappa shape index (κ2) is 10.8. The van der Waals surface area contributed by atoms with E-state index in [0.717, 1.165) is 55.3 Å². The Morgan fingerprint density at radius 1 is 1.03 bits per heavy atom. The number of amides is 1. The van der Waals surface area contributed by atoms with E-state index in [1.807, 2.05) is 65.6 Å². The Hall–Kier alpha value is -3.51. The molecule has 1 unspecified atom stereocenters. The molecule has 3 aliphatic rings. The first-order chi connectivity index (χ1) is 17.2. The van der Waals surface area contributed by atoms with Crippen molar-refractivity contribution in [2.45, 2.75) is 38.0 Å². The molecule has 0 saturated carbocycles. The molecule has 2 heterocycles. The Bertz CT molecular complexity index is 1120. The normalized spacial score (nSPS) is 21.2. The van der Waals surface area contributed by atoms with E-state index in [2.05, 4.69) is 23.1 Å². The maximum Gasteiger partial charge on any atom is 0.410 e. The quantitative estimate of drug-likeness (QED) is 0.525. The summed E-state index contributed by atoms with van der Waals surface area (Å²) in [5.74, 6) is 2.36. The lowest BCUT2D eigenvalue weighted by Gasteiger charge is -2.35. The van der Waals surface area contributed by atoms with E-state index in [-0.39, 0.29) is 18.2 Å². The predicted molar refractivity (Wildman–Crippen MR) is 135 cm³/mol. The third-order valence-corrected chi connectivity index (χ3v) is 6.86. The lowest BCUT2D eigenvalue weighted by molar-refractivity contribution is 0.110. The summed E-state index contributed by atoms with van der Waals surface area (Å²) < 4.78 is 17.3. The van der Waals surface area contributed by atoms with Gasteiger partial charge in [0.15, 0.2) is 5.76 Å². The summed E-state index contributed by atoms with van der Waals surface area (Å²) in [4.78, 5) is 16.9. The number of carbonyl (C=O) groups is 1. The summed E-state index contributed by atoms with van der Waals surface area (Å²) in [6.45, 7) is 3.39. The summed E-state index contributed by atoms with van der Waals surface area (Å²) in [6.07, 6.45) is 10.2. The average Bonchev–Trinajstić information content (AvgIpc) is 3.14. The number of hydrogen-bond acceptors (Lipinski definition) is 5. The Morgan fingerprint density at radius 2 is 1.86 bits per heavy atom. The van der Waals surface area contributed by atoms with E-state index < -0.39 is 0 Å². The van der Waals surface area contributed by atoms with Crippen molar-refractivity contribution in [3.8, 4) is 5.75 Å². The van der Waals surface area contributed by atoms with Crippen LogP contribution in [-0.2, 0) is 16.0 Å². The van der Waals surface area contributed by atoms with Gasteiger partial charge in [0, 0.05) is 32.1 Å². The number of piperidine rings is 1. The fourth-order valence-electron chi connectivity index (χ4n) is 4.97. The zero-order chi connectivity index (χ0) is 24.0. The number of methoxy groups -OCH3 is 1. The van der Waals surface area contributed by atoms with Crippen LogP contribution in [0.4, 0.5) is 4.79 Å². The topological polar surface area (TPSA) is 51.2 Å². The first kappa shape index (κ1) is 23.2.